The number of amides is 1. The number of ether oxygens (including phenoxy) is 2. The molecule has 172 valence electrons. The molecule has 0 aliphatic rings. The van der Waals surface area contributed by atoms with Gasteiger partial charge in [0.05, 0.1) is 0 Å². The molecule has 0 aliphatic carbocycles. The van der Waals surface area contributed by atoms with Crippen LogP contribution in [-0.4, -0.2) is 62.8 Å². The van der Waals surface area contributed by atoms with Crippen LogP contribution in [0.1, 0.15) is 39.2 Å². The van der Waals surface area contributed by atoms with E-state index in [0.717, 1.165) is 44.7 Å². The highest BCUT2D eigenvalue weighted by atomic mass is 35.5. The number of alkyl halides is 2. The molecule has 0 saturated heterocycles. The Hall–Kier alpha value is -1.21. The molecule has 0 aliphatic heterocycles. The van der Waals surface area contributed by atoms with Crippen molar-refractivity contribution in [3.63, 3.8) is 0 Å². The fourth-order valence-electron chi connectivity index (χ4n) is 2.71. The van der Waals surface area contributed by atoms with Crippen LogP contribution in [0.3, 0.4) is 0 Å². The summed E-state index contributed by atoms with van der Waals surface area (Å²) >= 11 is 11.7. The molecule has 1 rings (SSSR count). The molecule has 8 heteroatoms. The van der Waals surface area contributed by atoms with Gasteiger partial charge in [-0.3, -0.25) is 0 Å². The van der Waals surface area contributed by atoms with Gasteiger partial charge in [0.2, 0.25) is 0 Å². The highest BCUT2D eigenvalue weighted by Crippen LogP contribution is 2.15. The zero-order valence-electron chi connectivity index (χ0n) is 18.5. The maximum Gasteiger partial charge on any atom is 0.407 e. The molecule has 0 aromatic heterocycles. The lowest BCUT2D eigenvalue weighted by molar-refractivity contribution is 0.0520. The average molecular weight is 462 g/mol. The van der Waals surface area contributed by atoms with Crippen molar-refractivity contribution in [2.75, 3.05) is 56.1 Å². The first-order valence-corrected chi connectivity index (χ1v) is 11.6. The van der Waals surface area contributed by atoms with E-state index in [2.05, 4.69) is 39.8 Å². The summed E-state index contributed by atoms with van der Waals surface area (Å²) in [5, 5.41) is 6.15. The average Bonchev–Trinajstić information content (AvgIpc) is 2.68. The van der Waals surface area contributed by atoms with Crippen LogP contribution < -0.4 is 15.5 Å². The second-order valence-electron chi connectivity index (χ2n) is 7.96. The van der Waals surface area contributed by atoms with Crippen molar-refractivity contribution in [3.8, 4) is 0 Å². The lowest BCUT2D eigenvalue weighted by Crippen LogP contribution is -2.33. The molecule has 0 saturated carbocycles. The van der Waals surface area contributed by atoms with E-state index in [4.69, 9.17) is 32.7 Å². The van der Waals surface area contributed by atoms with Gasteiger partial charge < -0.3 is 25.0 Å². The summed E-state index contributed by atoms with van der Waals surface area (Å²) in [6, 6.07) is 8.49. The summed E-state index contributed by atoms with van der Waals surface area (Å²) in [7, 11) is 0. The third-order valence-electron chi connectivity index (χ3n) is 4.12. The van der Waals surface area contributed by atoms with E-state index in [1.54, 1.807) is 0 Å². The molecule has 1 aromatic carbocycles. The molecular formula is C22H37Cl2N3O3. The Morgan fingerprint density at radius 3 is 2.17 bits per heavy atom. The number of anilines is 1. The van der Waals surface area contributed by atoms with Crippen LogP contribution in [0.4, 0.5) is 10.5 Å². The minimum atomic E-state index is -0.468. The van der Waals surface area contributed by atoms with Gasteiger partial charge in [-0.2, -0.15) is 0 Å². The van der Waals surface area contributed by atoms with Gasteiger partial charge >= 0.3 is 6.09 Å². The van der Waals surface area contributed by atoms with Gasteiger partial charge in [0.1, 0.15) is 5.60 Å². The van der Waals surface area contributed by atoms with Gasteiger partial charge in [-0.1, -0.05) is 12.1 Å². The van der Waals surface area contributed by atoms with Crippen molar-refractivity contribution in [1.29, 1.82) is 0 Å². The molecular weight excluding hydrogens is 425 g/mol. The first-order chi connectivity index (χ1) is 14.4. The van der Waals surface area contributed by atoms with E-state index in [1.165, 1.54) is 5.56 Å². The van der Waals surface area contributed by atoms with Gasteiger partial charge in [-0.15, -0.1) is 23.2 Å². The first kappa shape index (κ1) is 26.8. The van der Waals surface area contributed by atoms with Crippen LogP contribution in [0, 0.1) is 0 Å². The van der Waals surface area contributed by atoms with Crippen molar-refractivity contribution < 1.29 is 14.3 Å². The molecule has 1 aromatic rings. The number of carbonyl (C=O) groups excluding carboxylic acids is 1. The van der Waals surface area contributed by atoms with E-state index >= 15 is 0 Å². The first-order valence-electron chi connectivity index (χ1n) is 10.6. The Morgan fingerprint density at radius 2 is 1.60 bits per heavy atom. The summed E-state index contributed by atoms with van der Waals surface area (Å²) in [5.74, 6) is 1.17. The standard InChI is InChI=1S/C22H37Cl2N3O3/c1-22(2,3)30-21(28)26-13-5-17-29-16-4-12-25-18-19-6-8-20(9-7-19)27(14-10-23)15-11-24/h6-9,25H,4-5,10-18H2,1-3H3,(H,26,28). The number of nitrogens with zero attached hydrogens (tertiary/aromatic N) is 1. The Bertz CT molecular complexity index is 574. The van der Waals surface area contributed by atoms with E-state index in [1.807, 2.05) is 20.8 Å². The molecule has 0 spiro atoms. The van der Waals surface area contributed by atoms with E-state index in [-0.39, 0.29) is 6.09 Å². The van der Waals surface area contributed by atoms with Gasteiger partial charge in [0.15, 0.2) is 0 Å². The van der Waals surface area contributed by atoms with Gasteiger partial charge in [0.25, 0.3) is 0 Å². The number of carbonyl (C=O) groups is 1. The van der Waals surface area contributed by atoms with Gasteiger partial charge in [0, 0.05) is 56.8 Å². The van der Waals surface area contributed by atoms with Gasteiger partial charge in [-0.05, 0) is 57.9 Å². The summed E-state index contributed by atoms with van der Waals surface area (Å²) < 4.78 is 10.8. The second kappa shape index (κ2) is 15.6. The van der Waals surface area contributed by atoms with Crippen molar-refractivity contribution >= 4 is 35.0 Å². The van der Waals surface area contributed by atoms with Gasteiger partial charge in [-0.25, -0.2) is 4.79 Å². The number of alkyl carbamates (subject to hydrolysis) is 1. The van der Waals surface area contributed by atoms with Crippen LogP contribution in [-0.2, 0) is 16.0 Å². The maximum absolute atomic E-state index is 11.5. The molecule has 0 bridgehead atoms. The van der Waals surface area contributed by atoms with Crippen molar-refractivity contribution in [3.05, 3.63) is 29.8 Å². The Morgan fingerprint density at radius 1 is 1.00 bits per heavy atom. The van der Waals surface area contributed by atoms with Crippen molar-refractivity contribution in [2.24, 2.45) is 0 Å². The highest BCUT2D eigenvalue weighted by Gasteiger charge is 2.15. The van der Waals surface area contributed by atoms with E-state index in [0.29, 0.717) is 31.5 Å². The largest absolute Gasteiger partial charge is 0.444 e. The lowest BCUT2D eigenvalue weighted by atomic mass is 10.2. The Kier molecular flexibility index (Phi) is 13.9. The summed E-state index contributed by atoms with van der Waals surface area (Å²) in [4.78, 5) is 13.7. The minimum Gasteiger partial charge on any atom is -0.444 e. The Labute approximate surface area is 191 Å². The summed E-state index contributed by atoms with van der Waals surface area (Å²) in [6.45, 7) is 10.7. The molecule has 0 heterocycles. The third kappa shape index (κ3) is 13.2. The maximum atomic E-state index is 11.5. The van der Waals surface area contributed by atoms with E-state index < -0.39 is 5.60 Å². The molecule has 30 heavy (non-hydrogen) atoms. The normalized spacial score (nSPS) is 11.4. The number of hydrogen-bond acceptors (Lipinski definition) is 5. The summed E-state index contributed by atoms with van der Waals surface area (Å²) in [6.07, 6.45) is 1.32. The number of rotatable bonds is 15. The quantitative estimate of drug-likeness (QED) is 0.299. The Balaban J connectivity index is 2.06. The topological polar surface area (TPSA) is 62.8 Å². The van der Waals surface area contributed by atoms with Crippen LogP contribution in [0.2, 0.25) is 0 Å². The SMILES string of the molecule is CC(C)(C)OC(=O)NCCCOCCCNCc1ccc(N(CCCl)CCCl)cc1. The van der Waals surface area contributed by atoms with E-state index in [9.17, 15) is 4.79 Å². The fourth-order valence-corrected chi connectivity index (χ4v) is 3.12. The molecule has 0 fully saturated rings. The third-order valence-corrected chi connectivity index (χ3v) is 4.45. The molecule has 0 radical (unpaired) electrons. The van der Waals surface area contributed by atoms with Crippen LogP contribution in [0.15, 0.2) is 24.3 Å². The highest BCUT2D eigenvalue weighted by molar-refractivity contribution is 6.18. The van der Waals surface area contributed by atoms with Crippen molar-refractivity contribution in [2.45, 2.75) is 45.8 Å². The number of nitrogens with one attached hydrogen (secondary N) is 2. The lowest BCUT2D eigenvalue weighted by Gasteiger charge is -2.23. The zero-order valence-corrected chi connectivity index (χ0v) is 20.0. The monoisotopic (exact) mass is 461 g/mol. The predicted octanol–water partition coefficient (Wildman–Crippen LogP) is 4.38. The van der Waals surface area contributed by atoms with Crippen LogP contribution in [0.5, 0.6) is 0 Å². The second-order valence-corrected chi connectivity index (χ2v) is 8.71. The molecule has 2 N–H and O–H groups in total. The fraction of sp³-hybridized carbons (Fsp3) is 0.682. The minimum absolute atomic E-state index is 0.384. The van der Waals surface area contributed by atoms with Crippen LogP contribution >= 0.6 is 23.2 Å². The predicted molar refractivity (Wildman–Crippen MR) is 126 cm³/mol. The smallest absolute Gasteiger partial charge is 0.407 e. The molecule has 0 unspecified atom stereocenters. The molecule has 6 nitrogen and oxygen atoms in total. The van der Waals surface area contributed by atoms with Crippen molar-refractivity contribution in [1.82, 2.24) is 10.6 Å². The summed E-state index contributed by atoms with van der Waals surface area (Å²) in [5.41, 5.74) is 1.92. The molecule has 0 atom stereocenters. The number of halogens is 2. The molecule has 1 amide bonds. The van der Waals surface area contributed by atoms with Crippen LogP contribution in [0.25, 0.3) is 0 Å². The number of benzene rings is 1. The zero-order chi connectivity index (χ0) is 22.2. The number of hydrogen-bond donors (Lipinski definition) is 2.